The third kappa shape index (κ3) is 5.64. The van der Waals surface area contributed by atoms with Crippen LogP contribution in [0.4, 0.5) is 5.69 Å². The monoisotopic (exact) mass is 341 g/mol. The number of para-hydroxylation sites is 1. The van der Waals surface area contributed by atoms with Crippen LogP contribution in [0.3, 0.4) is 0 Å². The van der Waals surface area contributed by atoms with Crippen LogP contribution >= 0.6 is 0 Å². The molecule has 0 fully saturated rings. The van der Waals surface area contributed by atoms with Crippen molar-refractivity contribution < 1.29 is 19.1 Å². The third-order valence-electron chi connectivity index (χ3n) is 3.89. The lowest BCUT2D eigenvalue weighted by Gasteiger charge is -2.11. The molecule has 0 atom stereocenters. The summed E-state index contributed by atoms with van der Waals surface area (Å²) in [6.45, 7) is 3.56. The number of carbonyl (C=O) groups is 2. The maximum atomic E-state index is 12.0. The summed E-state index contributed by atoms with van der Waals surface area (Å²) in [6, 6.07) is 13.3. The van der Waals surface area contributed by atoms with E-state index < -0.39 is 5.97 Å². The van der Waals surface area contributed by atoms with E-state index >= 15 is 0 Å². The minimum absolute atomic E-state index is 0.225. The van der Waals surface area contributed by atoms with Crippen molar-refractivity contribution in [2.75, 3.05) is 19.0 Å². The van der Waals surface area contributed by atoms with Crippen molar-refractivity contribution in [2.45, 2.75) is 26.7 Å². The summed E-state index contributed by atoms with van der Waals surface area (Å²) in [7, 11) is 1.61. The van der Waals surface area contributed by atoms with Gasteiger partial charge in [0.1, 0.15) is 5.75 Å². The predicted molar refractivity (Wildman–Crippen MR) is 96.8 cm³/mol. The second-order valence-electron chi connectivity index (χ2n) is 5.82. The second kappa shape index (κ2) is 8.87. The topological polar surface area (TPSA) is 64.6 Å². The van der Waals surface area contributed by atoms with Gasteiger partial charge in [-0.1, -0.05) is 30.3 Å². The number of carbonyl (C=O) groups excluding carboxylic acids is 2. The molecule has 0 aliphatic carbocycles. The number of amides is 1. The molecule has 0 bridgehead atoms. The summed E-state index contributed by atoms with van der Waals surface area (Å²) in [5.74, 6) is 0.0390. The number of benzene rings is 2. The first kappa shape index (κ1) is 18.5. The number of ether oxygens (including phenoxy) is 2. The molecule has 2 aromatic carbocycles. The van der Waals surface area contributed by atoms with Gasteiger partial charge in [0.15, 0.2) is 6.61 Å². The molecular weight excluding hydrogens is 318 g/mol. The van der Waals surface area contributed by atoms with Crippen molar-refractivity contribution in [2.24, 2.45) is 0 Å². The van der Waals surface area contributed by atoms with Crippen molar-refractivity contribution in [3.05, 3.63) is 59.2 Å². The number of anilines is 1. The van der Waals surface area contributed by atoms with Crippen molar-refractivity contribution >= 4 is 17.6 Å². The van der Waals surface area contributed by atoms with Gasteiger partial charge < -0.3 is 14.8 Å². The highest BCUT2D eigenvalue weighted by atomic mass is 16.5. The first-order chi connectivity index (χ1) is 12.0. The molecule has 25 heavy (non-hydrogen) atoms. The van der Waals surface area contributed by atoms with Gasteiger partial charge >= 0.3 is 5.97 Å². The standard InChI is InChI=1S/C20H23NO4/c1-14-5-4-6-15(2)20(14)21-18(22)13-25-19(23)12-9-16-7-10-17(24-3)11-8-16/h4-8,10-11H,9,12-13H2,1-3H3,(H,21,22). The largest absolute Gasteiger partial charge is 0.497 e. The lowest BCUT2D eigenvalue weighted by atomic mass is 10.1. The van der Waals surface area contributed by atoms with E-state index in [1.807, 2.05) is 56.3 Å². The maximum Gasteiger partial charge on any atom is 0.306 e. The fourth-order valence-electron chi connectivity index (χ4n) is 2.44. The van der Waals surface area contributed by atoms with E-state index in [0.29, 0.717) is 6.42 Å². The highest BCUT2D eigenvalue weighted by Gasteiger charge is 2.10. The molecule has 0 spiro atoms. The molecule has 5 heteroatoms. The molecule has 2 aromatic rings. The molecule has 0 heterocycles. The predicted octanol–water partition coefficient (Wildman–Crippen LogP) is 3.43. The van der Waals surface area contributed by atoms with Gasteiger partial charge in [-0.05, 0) is 49.1 Å². The quantitative estimate of drug-likeness (QED) is 0.784. The highest BCUT2D eigenvalue weighted by molar-refractivity contribution is 5.94. The van der Waals surface area contributed by atoms with Crippen LogP contribution in [0.1, 0.15) is 23.1 Å². The molecule has 0 aliphatic rings. The summed E-state index contributed by atoms with van der Waals surface area (Å²) in [6.07, 6.45) is 0.782. The van der Waals surface area contributed by atoms with Gasteiger partial charge in [0, 0.05) is 12.1 Å². The fraction of sp³-hybridized carbons (Fsp3) is 0.300. The SMILES string of the molecule is COc1ccc(CCC(=O)OCC(=O)Nc2c(C)cccc2C)cc1. The Hall–Kier alpha value is -2.82. The van der Waals surface area contributed by atoms with E-state index in [-0.39, 0.29) is 18.9 Å². The molecule has 0 saturated heterocycles. The van der Waals surface area contributed by atoms with E-state index in [1.54, 1.807) is 7.11 Å². The Kier molecular flexibility index (Phi) is 6.57. The van der Waals surface area contributed by atoms with Crippen LogP contribution in [0.25, 0.3) is 0 Å². The Balaban J connectivity index is 1.76. The van der Waals surface area contributed by atoms with Gasteiger partial charge in [0.25, 0.3) is 5.91 Å². The lowest BCUT2D eigenvalue weighted by molar-refractivity contribution is -0.147. The summed E-state index contributed by atoms with van der Waals surface area (Å²) < 4.78 is 10.1. The molecule has 5 nitrogen and oxygen atoms in total. The van der Waals surface area contributed by atoms with E-state index in [1.165, 1.54) is 0 Å². The summed E-state index contributed by atoms with van der Waals surface area (Å²) in [4.78, 5) is 23.8. The number of hydrogen-bond acceptors (Lipinski definition) is 4. The number of nitrogens with one attached hydrogen (secondary N) is 1. The van der Waals surface area contributed by atoms with Crippen LogP contribution in [0.2, 0.25) is 0 Å². The van der Waals surface area contributed by atoms with Crippen LogP contribution in [-0.4, -0.2) is 25.6 Å². The molecule has 1 N–H and O–H groups in total. The zero-order valence-electron chi connectivity index (χ0n) is 14.8. The van der Waals surface area contributed by atoms with Crippen LogP contribution in [0.5, 0.6) is 5.75 Å². The smallest absolute Gasteiger partial charge is 0.306 e. The average Bonchev–Trinajstić information content (AvgIpc) is 2.62. The molecule has 0 saturated carbocycles. The van der Waals surface area contributed by atoms with E-state index in [0.717, 1.165) is 28.1 Å². The van der Waals surface area contributed by atoms with E-state index in [4.69, 9.17) is 9.47 Å². The van der Waals surface area contributed by atoms with Gasteiger partial charge in [-0.25, -0.2) is 0 Å². The van der Waals surface area contributed by atoms with Gasteiger partial charge in [0.05, 0.1) is 7.11 Å². The number of methoxy groups -OCH3 is 1. The number of aryl methyl sites for hydroxylation is 3. The Morgan fingerprint density at radius 2 is 1.64 bits per heavy atom. The molecule has 0 aromatic heterocycles. The number of rotatable bonds is 7. The maximum absolute atomic E-state index is 12.0. The normalized spacial score (nSPS) is 10.2. The van der Waals surface area contributed by atoms with Crippen LogP contribution in [-0.2, 0) is 20.7 Å². The zero-order valence-corrected chi connectivity index (χ0v) is 14.8. The molecule has 2 rings (SSSR count). The lowest BCUT2D eigenvalue weighted by Crippen LogP contribution is -2.22. The minimum Gasteiger partial charge on any atom is -0.497 e. The van der Waals surface area contributed by atoms with Crippen molar-refractivity contribution in [3.63, 3.8) is 0 Å². The molecular formula is C20H23NO4. The Morgan fingerprint density at radius 1 is 1.00 bits per heavy atom. The van der Waals surface area contributed by atoms with Crippen molar-refractivity contribution in [1.82, 2.24) is 0 Å². The summed E-state index contributed by atoms with van der Waals surface area (Å²) >= 11 is 0. The van der Waals surface area contributed by atoms with Crippen LogP contribution in [0, 0.1) is 13.8 Å². The van der Waals surface area contributed by atoms with Gasteiger partial charge in [-0.2, -0.15) is 0 Å². The van der Waals surface area contributed by atoms with Gasteiger partial charge in [-0.3, -0.25) is 9.59 Å². The Morgan fingerprint density at radius 3 is 2.24 bits per heavy atom. The van der Waals surface area contributed by atoms with Crippen molar-refractivity contribution in [3.8, 4) is 5.75 Å². The van der Waals surface area contributed by atoms with Crippen LogP contribution < -0.4 is 10.1 Å². The molecule has 0 unspecified atom stereocenters. The number of esters is 1. The number of hydrogen-bond donors (Lipinski definition) is 1. The molecule has 1 amide bonds. The van der Waals surface area contributed by atoms with Crippen LogP contribution in [0.15, 0.2) is 42.5 Å². The average molecular weight is 341 g/mol. The van der Waals surface area contributed by atoms with Gasteiger partial charge in [-0.15, -0.1) is 0 Å². The zero-order chi connectivity index (χ0) is 18.2. The second-order valence-corrected chi connectivity index (χ2v) is 5.82. The summed E-state index contributed by atoms with van der Waals surface area (Å²) in [5.41, 5.74) is 3.72. The Bertz CT molecular complexity index is 718. The van der Waals surface area contributed by atoms with E-state index in [9.17, 15) is 9.59 Å². The van der Waals surface area contributed by atoms with Gasteiger partial charge in [0.2, 0.25) is 0 Å². The third-order valence-corrected chi connectivity index (χ3v) is 3.89. The van der Waals surface area contributed by atoms with Crippen molar-refractivity contribution in [1.29, 1.82) is 0 Å². The highest BCUT2D eigenvalue weighted by Crippen LogP contribution is 2.19. The molecule has 132 valence electrons. The first-order valence-corrected chi connectivity index (χ1v) is 8.14. The van der Waals surface area contributed by atoms with E-state index in [2.05, 4.69) is 5.32 Å². The Labute approximate surface area is 148 Å². The fourth-order valence-corrected chi connectivity index (χ4v) is 2.44. The molecule has 0 aliphatic heterocycles. The first-order valence-electron chi connectivity index (χ1n) is 8.14. The minimum atomic E-state index is -0.396. The molecule has 0 radical (unpaired) electrons. The summed E-state index contributed by atoms with van der Waals surface area (Å²) in [5, 5.41) is 2.79.